The number of amides is 1. The zero-order chi connectivity index (χ0) is 13.7. The Hall–Kier alpha value is -0.570. The van der Waals surface area contributed by atoms with E-state index in [1.165, 1.54) is 32.1 Å². The molecule has 0 bridgehead atoms. The molecule has 0 spiro atoms. The summed E-state index contributed by atoms with van der Waals surface area (Å²) in [6, 6.07) is 0.328. The van der Waals surface area contributed by atoms with E-state index in [9.17, 15) is 4.79 Å². The van der Waals surface area contributed by atoms with Crippen LogP contribution < -0.4 is 5.32 Å². The topological polar surface area (TPSA) is 38.3 Å². The molecular weight excluding hydrogens is 238 g/mol. The Morgan fingerprint density at radius 3 is 2.58 bits per heavy atom. The van der Waals surface area contributed by atoms with Crippen molar-refractivity contribution in [3.05, 3.63) is 0 Å². The van der Waals surface area contributed by atoms with Gasteiger partial charge in [0.15, 0.2) is 0 Å². The lowest BCUT2D eigenvalue weighted by molar-refractivity contribution is -0.124. The van der Waals surface area contributed by atoms with Crippen molar-refractivity contribution in [1.82, 2.24) is 5.32 Å². The molecule has 3 atom stereocenters. The summed E-state index contributed by atoms with van der Waals surface area (Å²) in [5, 5.41) is 3.12. The SMILES string of the molecule is CCC[C@@H]1C[C@H](NC(C)=O)CC(C2CCCCC2)O1. The first-order valence-electron chi connectivity index (χ1n) is 8.11. The molecule has 2 rings (SSSR count). The average Bonchev–Trinajstić information content (AvgIpc) is 2.39. The molecule has 3 heteroatoms. The number of carbonyl (C=O) groups excluding carboxylic acids is 1. The maximum atomic E-state index is 11.3. The van der Waals surface area contributed by atoms with Crippen molar-refractivity contribution in [3.8, 4) is 0 Å². The van der Waals surface area contributed by atoms with E-state index in [0.29, 0.717) is 18.2 Å². The van der Waals surface area contributed by atoms with Crippen LogP contribution in [0.25, 0.3) is 0 Å². The molecule has 1 N–H and O–H groups in total. The molecule has 0 aromatic heterocycles. The van der Waals surface area contributed by atoms with Crippen LogP contribution in [-0.4, -0.2) is 24.2 Å². The van der Waals surface area contributed by atoms with E-state index in [1.807, 2.05) is 0 Å². The lowest BCUT2D eigenvalue weighted by Gasteiger charge is -2.40. The van der Waals surface area contributed by atoms with Crippen LogP contribution >= 0.6 is 0 Å². The van der Waals surface area contributed by atoms with Crippen molar-refractivity contribution in [3.63, 3.8) is 0 Å². The molecule has 3 nitrogen and oxygen atoms in total. The van der Waals surface area contributed by atoms with Crippen LogP contribution in [0.5, 0.6) is 0 Å². The van der Waals surface area contributed by atoms with Gasteiger partial charge < -0.3 is 10.1 Å². The number of hydrogen-bond acceptors (Lipinski definition) is 2. The first kappa shape index (κ1) is 14.8. The van der Waals surface area contributed by atoms with E-state index < -0.39 is 0 Å². The number of hydrogen-bond donors (Lipinski definition) is 1. The highest BCUT2D eigenvalue weighted by molar-refractivity contribution is 5.73. The van der Waals surface area contributed by atoms with E-state index in [4.69, 9.17) is 4.74 Å². The second kappa shape index (κ2) is 7.28. The average molecular weight is 267 g/mol. The van der Waals surface area contributed by atoms with Crippen LogP contribution in [0, 0.1) is 5.92 Å². The van der Waals surface area contributed by atoms with Crippen molar-refractivity contribution < 1.29 is 9.53 Å². The fraction of sp³-hybridized carbons (Fsp3) is 0.938. The molecule has 1 aliphatic carbocycles. The van der Waals surface area contributed by atoms with Gasteiger partial charge in [0.1, 0.15) is 0 Å². The van der Waals surface area contributed by atoms with E-state index in [2.05, 4.69) is 12.2 Å². The van der Waals surface area contributed by atoms with Crippen molar-refractivity contribution in [2.75, 3.05) is 0 Å². The zero-order valence-corrected chi connectivity index (χ0v) is 12.5. The summed E-state index contributed by atoms with van der Waals surface area (Å²) in [5.74, 6) is 0.828. The molecule has 0 aromatic carbocycles. The van der Waals surface area contributed by atoms with Gasteiger partial charge in [-0.15, -0.1) is 0 Å². The second-order valence-corrected chi connectivity index (χ2v) is 6.35. The Kier molecular flexibility index (Phi) is 5.68. The molecule has 1 saturated carbocycles. The summed E-state index contributed by atoms with van der Waals surface area (Å²) in [6.45, 7) is 3.83. The number of ether oxygens (including phenoxy) is 1. The molecule has 0 radical (unpaired) electrons. The van der Waals surface area contributed by atoms with Crippen molar-refractivity contribution in [1.29, 1.82) is 0 Å². The standard InChI is InChI=1S/C16H29NO2/c1-3-7-15-10-14(17-12(2)18)11-16(19-15)13-8-5-4-6-9-13/h13-16H,3-11H2,1-2H3,(H,17,18)/t14-,15+,16?/m0/s1. The third kappa shape index (κ3) is 4.48. The normalized spacial score (nSPS) is 33.1. The first-order valence-corrected chi connectivity index (χ1v) is 8.11. The third-order valence-electron chi connectivity index (χ3n) is 4.63. The van der Waals surface area contributed by atoms with Gasteiger partial charge in [-0.1, -0.05) is 32.6 Å². The summed E-state index contributed by atoms with van der Waals surface area (Å²) in [7, 11) is 0. The third-order valence-corrected chi connectivity index (χ3v) is 4.63. The smallest absolute Gasteiger partial charge is 0.217 e. The fourth-order valence-corrected chi connectivity index (χ4v) is 3.77. The predicted molar refractivity (Wildman–Crippen MR) is 77.0 cm³/mol. The van der Waals surface area contributed by atoms with E-state index in [1.54, 1.807) is 6.92 Å². The Bertz CT molecular complexity index is 286. The summed E-state index contributed by atoms with van der Waals surface area (Å²) in [4.78, 5) is 11.3. The molecule has 19 heavy (non-hydrogen) atoms. The highest BCUT2D eigenvalue weighted by Crippen LogP contribution is 2.34. The molecule has 1 unspecified atom stereocenters. The predicted octanol–water partition coefficient (Wildman–Crippen LogP) is 3.42. The van der Waals surface area contributed by atoms with Crippen LogP contribution in [0.2, 0.25) is 0 Å². The van der Waals surface area contributed by atoms with Gasteiger partial charge in [0.2, 0.25) is 5.91 Å². The van der Waals surface area contributed by atoms with E-state index >= 15 is 0 Å². The van der Waals surface area contributed by atoms with Crippen molar-refractivity contribution in [2.45, 2.75) is 89.9 Å². The molecule has 1 amide bonds. The van der Waals surface area contributed by atoms with Gasteiger partial charge in [-0.2, -0.15) is 0 Å². The maximum absolute atomic E-state index is 11.3. The van der Waals surface area contributed by atoms with Gasteiger partial charge in [-0.3, -0.25) is 4.79 Å². The van der Waals surface area contributed by atoms with Gasteiger partial charge >= 0.3 is 0 Å². The zero-order valence-electron chi connectivity index (χ0n) is 12.5. The summed E-state index contributed by atoms with van der Waals surface area (Å²) in [6.07, 6.45) is 11.8. The monoisotopic (exact) mass is 267 g/mol. The summed E-state index contributed by atoms with van der Waals surface area (Å²) >= 11 is 0. The largest absolute Gasteiger partial charge is 0.375 e. The Balaban J connectivity index is 1.94. The molecule has 110 valence electrons. The molecule has 0 aromatic rings. The minimum absolute atomic E-state index is 0.101. The molecule has 1 aliphatic heterocycles. The van der Waals surface area contributed by atoms with Gasteiger partial charge in [-0.25, -0.2) is 0 Å². The quantitative estimate of drug-likeness (QED) is 0.847. The van der Waals surface area contributed by atoms with Gasteiger partial charge in [0.25, 0.3) is 0 Å². The fourth-order valence-electron chi connectivity index (χ4n) is 3.77. The van der Waals surface area contributed by atoms with E-state index in [0.717, 1.165) is 31.6 Å². The van der Waals surface area contributed by atoms with Crippen LogP contribution in [0.15, 0.2) is 0 Å². The summed E-state index contributed by atoms with van der Waals surface area (Å²) in [5.41, 5.74) is 0. The first-order chi connectivity index (χ1) is 9.19. The molecule has 1 saturated heterocycles. The molecule has 1 heterocycles. The van der Waals surface area contributed by atoms with Crippen LogP contribution in [0.4, 0.5) is 0 Å². The highest BCUT2D eigenvalue weighted by atomic mass is 16.5. The van der Waals surface area contributed by atoms with Crippen LogP contribution in [-0.2, 0) is 9.53 Å². The Morgan fingerprint density at radius 1 is 1.21 bits per heavy atom. The number of nitrogens with one attached hydrogen (secondary N) is 1. The van der Waals surface area contributed by atoms with Crippen LogP contribution in [0.1, 0.15) is 71.6 Å². The van der Waals surface area contributed by atoms with Crippen LogP contribution in [0.3, 0.4) is 0 Å². The Labute approximate surface area is 117 Å². The van der Waals surface area contributed by atoms with Crippen molar-refractivity contribution in [2.24, 2.45) is 5.92 Å². The van der Waals surface area contributed by atoms with E-state index in [-0.39, 0.29) is 5.91 Å². The molecular formula is C16H29NO2. The second-order valence-electron chi connectivity index (χ2n) is 6.35. The van der Waals surface area contributed by atoms with Crippen molar-refractivity contribution >= 4 is 5.91 Å². The summed E-state index contributed by atoms with van der Waals surface area (Å²) < 4.78 is 6.33. The number of carbonyl (C=O) groups is 1. The maximum Gasteiger partial charge on any atom is 0.217 e. The molecule has 2 aliphatic rings. The lowest BCUT2D eigenvalue weighted by atomic mass is 9.81. The highest BCUT2D eigenvalue weighted by Gasteiger charge is 2.34. The minimum atomic E-state index is 0.101. The van der Waals surface area contributed by atoms with Gasteiger partial charge in [-0.05, 0) is 38.0 Å². The number of rotatable bonds is 4. The molecule has 2 fully saturated rings. The minimum Gasteiger partial charge on any atom is -0.375 e. The Morgan fingerprint density at radius 2 is 1.95 bits per heavy atom. The van der Waals surface area contributed by atoms with Gasteiger partial charge in [0.05, 0.1) is 12.2 Å². The van der Waals surface area contributed by atoms with Gasteiger partial charge in [0, 0.05) is 13.0 Å². The lowest BCUT2D eigenvalue weighted by Crippen LogP contribution is -2.47.